The second kappa shape index (κ2) is 6.89. The second-order valence-electron chi connectivity index (χ2n) is 4.91. The number of carbonyl (C=O) groups is 1. The molecule has 0 aromatic rings. The summed E-state index contributed by atoms with van der Waals surface area (Å²) >= 11 is 0. The first-order valence-corrected chi connectivity index (χ1v) is 6.50. The molecule has 0 spiro atoms. The van der Waals surface area contributed by atoms with Gasteiger partial charge >= 0.3 is 5.97 Å². The van der Waals surface area contributed by atoms with Gasteiger partial charge in [0, 0.05) is 12.1 Å². The molecule has 0 amide bonds. The van der Waals surface area contributed by atoms with Crippen molar-refractivity contribution in [1.29, 1.82) is 0 Å². The summed E-state index contributed by atoms with van der Waals surface area (Å²) in [5.41, 5.74) is 0. The zero-order valence-electron chi connectivity index (χ0n) is 10.8. The molecule has 3 heteroatoms. The van der Waals surface area contributed by atoms with Gasteiger partial charge in [0.1, 0.15) is 0 Å². The lowest BCUT2D eigenvalue weighted by molar-refractivity contribution is -0.141. The highest BCUT2D eigenvalue weighted by Crippen LogP contribution is 2.27. The zero-order chi connectivity index (χ0) is 12.0. The molecule has 1 aliphatic rings. The van der Waals surface area contributed by atoms with Crippen molar-refractivity contribution < 1.29 is 9.53 Å². The van der Waals surface area contributed by atoms with Gasteiger partial charge < -0.3 is 10.1 Å². The molecule has 16 heavy (non-hydrogen) atoms. The molecule has 0 saturated heterocycles. The van der Waals surface area contributed by atoms with E-state index in [0.29, 0.717) is 12.5 Å². The van der Waals surface area contributed by atoms with Crippen LogP contribution in [0.15, 0.2) is 0 Å². The van der Waals surface area contributed by atoms with Crippen LogP contribution in [0.4, 0.5) is 0 Å². The Kier molecular flexibility index (Phi) is 5.81. The van der Waals surface area contributed by atoms with Gasteiger partial charge in [0.15, 0.2) is 0 Å². The lowest BCUT2D eigenvalue weighted by atomic mass is 9.82. The second-order valence-corrected chi connectivity index (χ2v) is 4.91. The summed E-state index contributed by atoms with van der Waals surface area (Å²) in [6, 6.07) is 0.822. The molecule has 1 saturated carbocycles. The van der Waals surface area contributed by atoms with Crippen LogP contribution in [0.2, 0.25) is 0 Å². The molecule has 1 fully saturated rings. The highest BCUT2D eigenvalue weighted by Gasteiger charge is 2.25. The smallest absolute Gasteiger partial charge is 0.307 e. The predicted molar refractivity (Wildman–Crippen MR) is 65.3 cm³/mol. The molecule has 94 valence electrons. The molecule has 1 rings (SSSR count). The average Bonchev–Trinajstić information content (AvgIpc) is 2.29. The fourth-order valence-electron chi connectivity index (χ4n) is 2.67. The molecule has 3 nitrogen and oxygen atoms in total. The Hall–Kier alpha value is -0.570. The van der Waals surface area contributed by atoms with Crippen molar-refractivity contribution in [1.82, 2.24) is 5.32 Å². The molecule has 3 atom stereocenters. The average molecular weight is 227 g/mol. The summed E-state index contributed by atoms with van der Waals surface area (Å²) in [7, 11) is 1.45. The Morgan fingerprint density at radius 1 is 1.44 bits per heavy atom. The molecule has 0 radical (unpaired) electrons. The van der Waals surface area contributed by atoms with Gasteiger partial charge in [-0.25, -0.2) is 0 Å². The van der Waals surface area contributed by atoms with E-state index in [1.165, 1.54) is 39.2 Å². The molecule has 0 aromatic carbocycles. The Morgan fingerprint density at radius 3 is 2.75 bits per heavy atom. The fraction of sp³-hybridized carbons (Fsp3) is 0.923. The lowest BCUT2D eigenvalue weighted by Crippen LogP contribution is -2.43. The maximum absolute atomic E-state index is 11.2. The molecule has 0 heterocycles. The standard InChI is InChI=1S/C13H25NO2/c1-4-11-7-5-6-8-12(11)14-10(2)9-13(15)16-3/h10-12,14H,4-9H2,1-3H3. The molecule has 0 aromatic heterocycles. The number of nitrogens with one attached hydrogen (secondary N) is 1. The molecule has 0 bridgehead atoms. The van der Waals surface area contributed by atoms with Gasteiger partial charge in [-0.05, 0) is 25.7 Å². The topological polar surface area (TPSA) is 38.3 Å². The number of esters is 1. The Balaban J connectivity index is 2.35. The number of ether oxygens (including phenoxy) is 1. The summed E-state index contributed by atoms with van der Waals surface area (Å²) in [4.78, 5) is 11.2. The maximum Gasteiger partial charge on any atom is 0.307 e. The van der Waals surface area contributed by atoms with E-state index in [4.69, 9.17) is 0 Å². The monoisotopic (exact) mass is 227 g/mol. The first-order chi connectivity index (χ1) is 7.67. The van der Waals surface area contributed by atoms with Gasteiger partial charge in [0.05, 0.1) is 13.5 Å². The fourth-order valence-corrected chi connectivity index (χ4v) is 2.67. The molecule has 1 N–H and O–H groups in total. The number of hydrogen-bond donors (Lipinski definition) is 1. The van der Waals surface area contributed by atoms with Crippen LogP contribution in [0.25, 0.3) is 0 Å². The van der Waals surface area contributed by atoms with E-state index in [2.05, 4.69) is 23.9 Å². The summed E-state index contributed by atoms with van der Waals surface area (Å²) in [6.07, 6.45) is 6.98. The van der Waals surface area contributed by atoms with E-state index in [1.807, 2.05) is 0 Å². The van der Waals surface area contributed by atoms with Crippen LogP contribution in [0.3, 0.4) is 0 Å². The minimum absolute atomic E-state index is 0.121. The van der Waals surface area contributed by atoms with Crippen molar-refractivity contribution in [2.24, 2.45) is 5.92 Å². The third kappa shape index (κ3) is 4.12. The first kappa shape index (κ1) is 13.5. The van der Waals surface area contributed by atoms with Crippen molar-refractivity contribution in [2.75, 3.05) is 7.11 Å². The minimum Gasteiger partial charge on any atom is -0.469 e. The quantitative estimate of drug-likeness (QED) is 0.733. The SMILES string of the molecule is CCC1CCCCC1NC(C)CC(=O)OC. The van der Waals surface area contributed by atoms with Gasteiger partial charge in [-0.15, -0.1) is 0 Å². The molecular weight excluding hydrogens is 202 g/mol. The number of carbonyl (C=O) groups excluding carboxylic acids is 1. The predicted octanol–water partition coefficient (Wildman–Crippen LogP) is 2.50. The van der Waals surface area contributed by atoms with Gasteiger partial charge in [-0.1, -0.05) is 26.2 Å². The van der Waals surface area contributed by atoms with Crippen molar-refractivity contribution in [3.05, 3.63) is 0 Å². The molecule has 1 aliphatic carbocycles. The Bertz CT molecular complexity index is 218. The van der Waals surface area contributed by atoms with E-state index < -0.39 is 0 Å². The van der Waals surface area contributed by atoms with E-state index in [-0.39, 0.29) is 12.0 Å². The van der Waals surface area contributed by atoms with Gasteiger partial charge in [0.2, 0.25) is 0 Å². The van der Waals surface area contributed by atoms with Crippen LogP contribution in [0.1, 0.15) is 52.4 Å². The van der Waals surface area contributed by atoms with Crippen molar-refractivity contribution in [3.8, 4) is 0 Å². The van der Waals surface area contributed by atoms with Crippen molar-refractivity contribution in [3.63, 3.8) is 0 Å². The third-order valence-corrected chi connectivity index (χ3v) is 3.63. The van der Waals surface area contributed by atoms with E-state index in [0.717, 1.165) is 5.92 Å². The van der Waals surface area contributed by atoms with Crippen LogP contribution in [-0.4, -0.2) is 25.2 Å². The summed E-state index contributed by atoms with van der Waals surface area (Å²) in [5.74, 6) is 0.665. The Morgan fingerprint density at radius 2 is 2.12 bits per heavy atom. The maximum atomic E-state index is 11.2. The van der Waals surface area contributed by atoms with Crippen molar-refractivity contribution >= 4 is 5.97 Å². The van der Waals surface area contributed by atoms with Gasteiger partial charge in [-0.2, -0.15) is 0 Å². The van der Waals surface area contributed by atoms with Crippen molar-refractivity contribution in [2.45, 2.75) is 64.5 Å². The van der Waals surface area contributed by atoms with Crippen LogP contribution >= 0.6 is 0 Å². The van der Waals surface area contributed by atoms with Gasteiger partial charge in [-0.3, -0.25) is 4.79 Å². The summed E-state index contributed by atoms with van der Waals surface area (Å²) in [5, 5.41) is 3.58. The van der Waals surface area contributed by atoms with E-state index >= 15 is 0 Å². The third-order valence-electron chi connectivity index (χ3n) is 3.63. The molecular formula is C13H25NO2. The Labute approximate surface area is 98.9 Å². The summed E-state index contributed by atoms with van der Waals surface area (Å²) < 4.78 is 4.68. The van der Waals surface area contributed by atoms with E-state index in [1.54, 1.807) is 0 Å². The van der Waals surface area contributed by atoms with Crippen LogP contribution < -0.4 is 5.32 Å². The van der Waals surface area contributed by atoms with Crippen LogP contribution in [0.5, 0.6) is 0 Å². The molecule has 3 unspecified atom stereocenters. The largest absolute Gasteiger partial charge is 0.469 e. The number of methoxy groups -OCH3 is 1. The summed E-state index contributed by atoms with van der Waals surface area (Å²) in [6.45, 7) is 4.33. The van der Waals surface area contributed by atoms with Gasteiger partial charge in [0.25, 0.3) is 0 Å². The zero-order valence-corrected chi connectivity index (χ0v) is 10.8. The number of hydrogen-bond acceptors (Lipinski definition) is 3. The molecule has 0 aliphatic heterocycles. The normalized spacial score (nSPS) is 27.4. The number of rotatable bonds is 5. The first-order valence-electron chi connectivity index (χ1n) is 6.50. The lowest BCUT2D eigenvalue weighted by Gasteiger charge is -2.33. The van der Waals surface area contributed by atoms with Crippen LogP contribution in [-0.2, 0) is 9.53 Å². The highest BCUT2D eigenvalue weighted by atomic mass is 16.5. The highest BCUT2D eigenvalue weighted by molar-refractivity contribution is 5.69. The van der Waals surface area contributed by atoms with E-state index in [9.17, 15) is 4.79 Å². The van der Waals surface area contributed by atoms with Crippen LogP contribution in [0, 0.1) is 5.92 Å². The minimum atomic E-state index is -0.121.